The molecule has 1 saturated heterocycles. The van der Waals surface area contributed by atoms with Crippen molar-refractivity contribution in [1.82, 2.24) is 10.6 Å². The molecule has 1 aliphatic heterocycles. The van der Waals surface area contributed by atoms with Gasteiger partial charge in [0.2, 0.25) is 0 Å². The Bertz CT molecular complexity index is 470. The van der Waals surface area contributed by atoms with Crippen molar-refractivity contribution in [2.75, 3.05) is 46.5 Å². The van der Waals surface area contributed by atoms with E-state index in [0.29, 0.717) is 36.9 Å². The number of hydrogen-bond acceptors (Lipinski definition) is 6. The van der Waals surface area contributed by atoms with Crippen molar-refractivity contribution in [3.63, 3.8) is 0 Å². The average molecular weight is 427 g/mol. The summed E-state index contributed by atoms with van der Waals surface area (Å²) in [6.07, 6.45) is 10.5. The molecular formula is C24H46N2O4. The van der Waals surface area contributed by atoms with E-state index >= 15 is 0 Å². The van der Waals surface area contributed by atoms with E-state index in [1.54, 1.807) is 0 Å². The lowest BCUT2D eigenvalue weighted by Crippen LogP contribution is -2.40. The number of likely N-dealkylation sites (N-methyl/N-ethyl adjacent to an activating group) is 1. The van der Waals surface area contributed by atoms with Gasteiger partial charge in [-0.25, -0.2) is 0 Å². The quantitative estimate of drug-likeness (QED) is 0.311. The number of hydrogen-bond donors (Lipinski definition) is 3. The molecule has 2 saturated carbocycles. The zero-order valence-corrected chi connectivity index (χ0v) is 19.5. The highest BCUT2D eigenvalue weighted by atomic mass is 16.6. The number of rotatable bonds is 13. The minimum atomic E-state index is -0.417. The second-order valence-corrected chi connectivity index (χ2v) is 10.4. The molecule has 3 rings (SSSR count). The van der Waals surface area contributed by atoms with Gasteiger partial charge in [0.25, 0.3) is 0 Å². The van der Waals surface area contributed by atoms with E-state index in [4.69, 9.17) is 14.2 Å². The fourth-order valence-corrected chi connectivity index (χ4v) is 5.48. The first kappa shape index (κ1) is 24.4. The lowest BCUT2D eigenvalue weighted by molar-refractivity contribution is -0.0526. The van der Waals surface area contributed by atoms with Crippen LogP contribution in [0.5, 0.6) is 0 Å². The second-order valence-electron chi connectivity index (χ2n) is 10.4. The van der Waals surface area contributed by atoms with E-state index in [0.717, 1.165) is 51.0 Å². The lowest BCUT2D eigenvalue weighted by Gasteiger charge is -2.46. The van der Waals surface area contributed by atoms with Gasteiger partial charge in [0.15, 0.2) is 0 Å². The summed E-state index contributed by atoms with van der Waals surface area (Å²) in [6, 6.07) is 0. The zero-order valence-electron chi connectivity index (χ0n) is 19.5. The summed E-state index contributed by atoms with van der Waals surface area (Å²) in [4.78, 5) is 0. The van der Waals surface area contributed by atoms with E-state index in [1.165, 1.54) is 38.5 Å². The van der Waals surface area contributed by atoms with E-state index in [2.05, 4.69) is 24.5 Å². The Morgan fingerprint density at radius 2 is 1.50 bits per heavy atom. The molecule has 0 radical (unpaired) electrons. The first-order valence-electron chi connectivity index (χ1n) is 12.4. The maximum atomic E-state index is 10.1. The van der Waals surface area contributed by atoms with Crippen LogP contribution in [-0.4, -0.2) is 76.0 Å². The van der Waals surface area contributed by atoms with E-state index < -0.39 is 6.10 Å². The molecule has 0 amide bonds. The molecule has 0 bridgehead atoms. The zero-order chi connectivity index (χ0) is 21.4. The summed E-state index contributed by atoms with van der Waals surface area (Å²) in [7, 11) is 1.93. The molecule has 2 unspecified atom stereocenters. The van der Waals surface area contributed by atoms with Crippen LogP contribution in [0.3, 0.4) is 0 Å². The summed E-state index contributed by atoms with van der Waals surface area (Å²) in [5.41, 5.74) is 0.395. The van der Waals surface area contributed by atoms with Crippen LogP contribution in [0.4, 0.5) is 0 Å². The summed E-state index contributed by atoms with van der Waals surface area (Å²) >= 11 is 0. The molecule has 3 N–H and O–H groups in total. The number of aliphatic hydroxyl groups excluding tert-OH is 1. The van der Waals surface area contributed by atoms with Gasteiger partial charge in [-0.1, -0.05) is 13.8 Å². The van der Waals surface area contributed by atoms with Gasteiger partial charge in [-0.2, -0.15) is 0 Å². The Balaban J connectivity index is 1.30. The number of epoxide rings is 1. The maximum absolute atomic E-state index is 10.1. The first-order chi connectivity index (χ1) is 14.5. The van der Waals surface area contributed by atoms with Crippen LogP contribution in [0.25, 0.3) is 0 Å². The van der Waals surface area contributed by atoms with Crippen LogP contribution >= 0.6 is 0 Å². The topological polar surface area (TPSA) is 75.3 Å². The number of aliphatic hydroxyl groups is 1. The third-order valence-corrected chi connectivity index (χ3v) is 7.83. The Labute approximate surface area is 183 Å². The van der Waals surface area contributed by atoms with Gasteiger partial charge in [-0.05, 0) is 75.7 Å². The molecule has 0 aromatic heterocycles. The van der Waals surface area contributed by atoms with E-state index in [9.17, 15) is 5.11 Å². The summed E-state index contributed by atoms with van der Waals surface area (Å²) in [5, 5.41) is 16.4. The van der Waals surface area contributed by atoms with Gasteiger partial charge in [0, 0.05) is 19.6 Å². The van der Waals surface area contributed by atoms with Crippen molar-refractivity contribution >= 4 is 0 Å². The third kappa shape index (κ3) is 7.72. The minimum Gasteiger partial charge on any atom is -0.389 e. The van der Waals surface area contributed by atoms with Gasteiger partial charge in [-0.3, -0.25) is 0 Å². The van der Waals surface area contributed by atoms with Crippen LogP contribution in [0, 0.1) is 17.3 Å². The van der Waals surface area contributed by atoms with Crippen molar-refractivity contribution in [3.8, 4) is 0 Å². The van der Waals surface area contributed by atoms with E-state index in [-0.39, 0.29) is 0 Å². The van der Waals surface area contributed by atoms with Crippen molar-refractivity contribution in [2.45, 2.75) is 89.6 Å². The first-order valence-corrected chi connectivity index (χ1v) is 12.4. The molecule has 30 heavy (non-hydrogen) atoms. The van der Waals surface area contributed by atoms with Crippen molar-refractivity contribution in [1.29, 1.82) is 0 Å². The van der Waals surface area contributed by atoms with Crippen LogP contribution in [0.15, 0.2) is 0 Å². The lowest BCUT2D eigenvalue weighted by atomic mass is 9.60. The molecule has 0 aromatic rings. The molecule has 0 aromatic carbocycles. The highest BCUT2D eigenvalue weighted by Gasteiger charge is 2.41. The molecule has 3 aliphatic rings. The standard InChI is InChI=1S/C24H46N2O4/c1-24(2,19-6-10-22(11-7-19)29-16-23-17-30-23)18-4-8-21(9-5-18)28-15-20(27)14-26-13-12-25-3/h18-23,25-27H,4-17H2,1-3H3. The van der Waals surface area contributed by atoms with Gasteiger partial charge in [0.1, 0.15) is 6.10 Å². The Kier molecular flexibility index (Phi) is 9.86. The molecule has 6 heteroatoms. The normalized spacial score (nSPS) is 33.4. The third-order valence-electron chi connectivity index (χ3n) is 7.83. The van der Waals surface area contributed by atoms with Crippen molar-refractivity contribution < 1.29 is 19.3 Å². The van der Waals surface area contributed by atoms with Gasteiger partial charge in [0.05, 0.1) is 38.1 Å². The van der Waals surface area contributed by atoms with Crippen molar-refractivity contribution in [3.05, 3.63) is 0 Å². The predicted octanol–water partition coefficient (Wildman–Crippen LogP) is 2.73. The second kappa shape index (κ2) is 12.1. The summed E-state index contributed by atoms with van der Waals surface area (Å²) in [5.74, 6) is 1.59. The molecule has 0 spiro atoms. The van der Waals surface area contributed by atoms with Crippen LogP contribution in [0.1, 0.15) is 65.2 Å². The molecule has 2 aliphatic carbocycles. The van der Waals surface area contributed by atoms with Gasteiger partial charge >= 0.3 is 0 Å². The highest BCUT2D eigenvalue weighted by molar-refractivity contribution is 4.91. The van der Waals surface area contributed by atoms with Gasteiger partial charge < -0.3 is 30.0 Å². The smallest absolute Gasteiger partial charge is 0.104 e. The predicted molar refractivity (Wildman–Crippen MR) is 120 cm³/mol. The summed E-state index contributed by atoms with van der Waals surface area (Å²) in [6.45, 7) is 9.52. The monoisotopic (exact) mass is 426 g/mol. The summed E-state index contributed by atoms with van der Waals surface area (Å²) < 4.78 is 17.3. The molecule has 3 fully saturated rings. The number of ether oxygens (including phenoxy) is 3. The average Bonchev–Trinajstić information content (AvgIpc) is 3.59. The molecule has 1 heterocycles. The maximum Gasteiger partial charge on any atom is 0.104 e. The van der Waals surface area contributed by atoms with Crippen LogP contribution in [-0.2, 0) is 14.2 Å². The fourth-order valence-electron chi connectivity index (χ4n) is 5.48. The Morgan fingerprint density at radius 1 is 0.933 bits per heavy atom. The molecular weight excluding hydrogens is 380 g/mol. The molecule has 176 valence electrons. The highest BCUT2D eigenvalue weighted by Crippen LogP contribution is 2.48. The molecule has 6 nitrogen and oxygen atoms in total. The van der Waals surface area contributed by atoms with E-state index in [1.807, 2.05) is 7.05 Å². The largest absolute Gasteiger partial charge is 0.389 e. The van der Waals surface area contributed by atoms with Gasteiger partial charge in [-0.15, -0.1) is 0 Å². The van der Waals surface area contributed by atoms with Crippen molar-refractivity contribution in [2.24, 2.45) is 17.3 Å². The fraction of sp³-hybridized carbons (Fsp3) is 1.00. The molecule has 2 atom stereocenters. The SMILES string of the molecule is CNCCNCC(O)COC1CCC(C(C)(C)C2CCC(OCC3CO3)CC2)CC1. The van der Waals surface area contributed by atoms with Crippen LogP contribution < -0.4 is 10.6 Å². The Hall–Kier alpha value is -0.240. The number of nitrogens with one attached hydrogen (secondary N) is 2. The van der Waals surface area contributed by atoms with Crippen LogP contribution in [0.2, 0.25) is 0 Å². The Morgan fingerprint density at radius 3 is 2.03 bits per heavy atom. The minimum absolute atomic E-state index is 0.317.